The number of aromatic nitrogens is 1. The maximum Gasteiger partial charge on any atom is 0.255 e. The molecule has 0 radical (unpaired) electrons. The normalized spacial score (nSPS) is 15.6. The lowest BCUT2D eigenvalue weighted by Crippen LogP contribution is -2.48. The van der Waals surface area contributed by atoms with E-state index in [4.69, 9.17) is 9.47 Å². The van der Waals surface area contributed by atoms with Gasteiger partial charge in [-0.2, -0.15) is 0 Å². The molecule has 1 fully saturated rings. The van der Waals surface area contributed by atoms with Gasteiger partial charge in [-0.3, -0.25) is 9.59 Å². The molecule has 2 amide bonds. The Morgan fingerprint density at radius 3 is 2.52 bits per heavy atom. The summed E-state index contributed by atoms with van der Waals surface area (Å²) in [5.41, 5.74) is 1.10. The van der Waals surface area contributed by atoms with Gasteiger partial charge in [-0.1, -0.05) is 0 Å². The van der Waals surface area contributed by atoms with Crippen LogP contribution in [0.4, 0.5) is 11.5 Å². The molecular weight excluding hydrogens is 348 g/mol. The molecule has 2 aromatic rings. The summed E-state index contributed by atoms with van der Waals surface area (Å²) < 4.78 is 10.6. The van der Waals surface area contributed by atoms with Crippen molar-refractivity contribution in [2.75, 3.05) is 43.2 Å². The maximum absolute atomic E-state index is 12.4. The molecule has 1 aromatic heterocycles. The summed E-state index contributed by atoms with van der Waals surface area (Å²) in [5, 5.41) is 2.83. The van der Waals surface area contributed by atoms with Gasteiger partial charge in [0, 0.05) is 38.7 Å². The Labute approximate surface area is 156 Å². The van der Waals surface area contributed by atoms with Crippen molar-refractivity contribution in [1.82, 2.24) is 9.88 Å². The topological polar surface area (TPSA) is 84.0 Å². The van der Waals surface area contributed by atoms with Crippen LogP contribution in [0.3, 0.4) is 0 Å². The van der Waals surface area contributed by atoms with Gasteiger partial charge in [0.1, 0.15) is 5.82 Å². The number of nitrogens with zero attached hydrogens (tertiary/aromatic N) is 3. The third-order valence-corrected chi connectivity index (χ3v) is 4.69. The number of hydrogen-bond donors (Lipinski definition) is 1. The minimum atomic E-state index is -0.238. The van der Waals surface area contributed by atoms with Gasteiger partial charge in [0.2, 0.25) is 12.7 Å². The Kier molecular flexibility index (Phi) is 4.53. The molecule has 8 heteroatoms. The van der Waals surface area contributed by atoms with E-state index in [9.17, 15) is 9.59 Å². The van der Waals surface area contributed by atoms with Gasteiger partial charge in [-0.05, 0) is 30.3 Å². The van der Waals surface area contributed by atoms with E-state index >= 15 is 0 Å². The Balaban J connectivity index is 1.38. The number of amides is 2. The average Bonchev–Trinajstić information content (AvgIpc) is 3.16. The summed E-state index contributed by atoms with van der Waals surface area (Å²) in [6, 6.07) is 8.77. The molecule has 0 saturated carbocycles. The zero-order valence-corrected chi connectivity index (χ0v) is 15.0. The van der Waals surface area contributed by atoms with Gasteiger partial charge in [-0.15, -0.1) is 0 Å². The van der Waals surface area contributed by atoms with Crippen molar-refractivity contribution in [3.8, 4) is 11.5 Å². The molecule has 1 aromatic carbocycles. The molecule has 27 heavy (non-hydrogen) atoms. The molecule has 1 saturated heterocycles. The van der Waals surface area contributed by atoms with Crippen molar-refractivity contribution in [2.45, 2.75) is 6.92 Å². The number of rotatable bonds is 3. The van der Waals surface area contributed by atoms with E-state index in [0.29, 0.717) is 35.8 Å². The number of piperazine rings is 1. The number of ether oxygens (including phenoxy) is 2. The molecule has 140 valence electrons. The fourth-order valence-electron chi connectivity index (χ4n) is 3.14. The first-order valence-electron chi connectivity index (χ1n) is 8.78. The second-order valence-corrected chi connectivity index (χ2v) is 6.42. The second-order valence-electron chi connectivity index (χ2n) is 6.42. The number of fused-ring (bicyclic) bond motifs is 1. The number of carbonyl (C=O) groups excluding carboxylic acids is 2. The van der Waals surface area contributed by atoms with E-state index in [-0.39, 0.29) is 18.6 Å². The SMILES string of the molecule is CC(=O)N1CCN(c2ccc(NC(=O)c3ccc4c(c3)OCO4)cn2)CC1. The highest BCUT2D eigenvalue weighted by Crippen LogP contribution is 2.32. The van der Waals surface area contributed by atoms with Crippen LogP contribution in [-0.2, 0) is 4.79 Å². The molecule has 0 unspecified atom stereocenters. The molecule has 3 heterocycles. The number of nitrogens with one attached hydrogen (secondary N) is 1. The van der Waals surface area contributed by atoms with Gasteiger partial charge in [0.05, 0.1) is 11.9 Å². The lowest BCUT2D eigenvalue weighted by atomic mass is 10.2. The van der Waals surface area contributed by atoms with Crippen LogP contribution >= 0.6 is 0 Å². The lowest BCUT2D eigenvalue weighted by Gasteiger charge is -2.34. The largest absolute Gasteiger partial charge is 0.454 e. The smallest absolute Gasteiger partial charge is 0.255 e. The van der Waals surface area contributed by atoms with Crippen molar-refractivity contribution in [2.24, 2.45) is 0 Å². The molecule has 4 rings (SSSR count). The maximum atomic E-state index is 12.4. The summed E-state index contributed by atoms with van der Waals surface area (Å²) in [4.78, 5) is 32.2. The van der Waals surface area contributed by atoms with Gasteiger partial charge in [0.15, 0.2) is 11.5 Å². The Morgan fingerprint density at radius 2 is 1.81 bits per heavy atom. The first-order chi connectivity index (χ1) is 13.1. The van der Waals surface area contributed by atoms with Crippen molar-refractivity contribution >= 4 is 23.3 Å². The number of benzene rings is 1. The zero-order valence-electron chi connectivity index (χ0n) is 15.0. The molecule has 8 nitrogen and oxygen atoms in total. The van der Waals surface area contributed by atoms with Crippen LogP contribution in [0.1, 0.15) is 17.3 Å². The fraction of sp³-hybridized carbons (Fsp3) is 0.316. The summed E-state index contributed by atoms with van der Waals surface area (Å²) in [6.07, 6.45) is 1.64. The van der Waals surface area contributed by atoms with Gasteiger partial charge in [0.25, 0.3) is 5.91 Å². The zero-order chi connectivity index (χ0) is 18.8. The van der Waals surface area contributed by atoms with Crippen LogP contribution in [-0.4, -0.2) is 54.7 Å². The van der Waals surface area contributed by atoms with Crippen LogP contribution in [0.25, 0.3) is 0 Å². The minimum Gasteiger partial charge on any atom is -0.454 e. The van der Waals surface area contributed by atoms with Crippen LogP contribution in [0.2, 0.25) is 0 Å². The molecule has 0 atom stereocenters. The molecule has 2 aliphatic heterocycles. The Bertz CT molecular complexity index is 861. The van der Waals surface area contributed by atoms with Crippen molar-refractivity contribution in [3.63, 3.8) is 0 Å². The van der Waals surface area contributed by atoms with Crippen LogP contribution in [0.5, 0.6) is 11.5 Å². The number of pyridine rings is 1. The molecule has 0 aliphatic carbocycles. The Hall–Kier alpha value is -3.29. The van der Waals surface area contributed by atoms with E-state index in [0.717, 1.165) is 18.9 Å². The monoisotopic (exact) mass is 368 g/mol. The quantitative estimate of drug-likeness (QED) is 0.888. The summed E-state index contributed by atoms with van der Waals surface area (Å²) in [6.45, 7) is 4.64. The molecular formula is C19H20N4O4. The number of anilines is 2. The van der Waals surface area contributed by atoms with Crippen molar-refractivity contribution in [1.29, 1.82) is 0 Å². The first kappa shape index (κ1) is 17.1. The molecule has 0 spiro atoms. The molecule has 2 aliphatic rings. The molecule has 1 N–H and O–H groups in total. The van der Waals surface area contributed by atoms with Crippen molar-refractivity contribution in [3.05, 3.63) is 42.1 Å². The average molecular weight is 368 g/mol. The summed E-state index contributed by atoms with van der Waals surface area (Å²) >= 11 is 0. The van der Waals surface area contributed by atoms with Crippen LogP contribution < -0.4 is 19.7 Å². The fourth-order valence-corrected chi connectivity index (χ4v) is 3.14. The predicted molar refractivity (Wildman–Crippen MR) is 99.2 cm³/mol. The summed E-state index contributed by atoms with van der Waals surface area (Å²) in [5.74, 6) is 1.91. The minimum absolute atomic E-state index is 0.101. The first-order valence-corrected chi connectivity index (χ1v) is 8.78. The van der Waals surface area contributed by atoms with Crippen molar-refractivity contribution < 1.29 is 19.1 Å². The lowest BCUT2D eigenvalue weighted by molar-refractivity contribution is -0.129. The number of hydrogen-bond acceptors (Lipinski definition) is 6. The molecule has 0 bridgehead atoms. The highest BCUT2D eigenvalue weighted by molar-refractivity contribution is 6.04. The van der Waals surface area contributed by atoms with Crippen LogP contribution in [0.15, 0.2) is 36.5 Å². The van der Waals surface area contributed by atoms with E-state index in [1.54, 1.807) is 31.3 Å². The summed E-state index contributed by atoms with van der Waals surface area (Å²) in [7, 11) is 0. The number of carbonyl (C=O) groups is 2. The third kappa shape index (κ3) is 3.64. The highest BCUT2D eigenvalue weighted by Gasteiger charge is 2.20. The predicted octanol–water partition coefficient (Wildman–Crippen LogP) is 1.73. The van der Waals surface area contributed by atoms with E-state index in [1.165, 1.54) is 0 Å². The van der Waals surface area contributed by atoms with Gasteiger partial charge < -0.3 is 24.6 Å². The van der Waals surface area contributed by atoms with E-state index in [1.807, 2.05) is 17.0 Å². The van der Waals surface area contributed by atoms with E-state index in [2.05, 4.69) is 15.2 Å². The van der Waals surface area contributed by atoms with Crippen LogP contribution in [0, 0.1) is 0 Å². The van der Waals surface area contributed by atoms with E-state index < -0.39 is 0 Å². The van der Waals surface area contributed by atoms with Gasteiger partial charge >= 0.3 is 0 Å². The third-order valence-electron chi connectivity index (χ3n) is 4.69. The van der Waals surface area contributed by atoms with Gasteiger partial charge in [-0.25, -0.2) is 4.98 Å². The standard InChI is InChI=1S/C19H20N4O4/c1-13(24)22-6-8-23(9-7-22)18-5-3-15(11-20-18)21-19(25)14-2-4-16-17(10-14)27-12-26-16/h2-5,10-11H,6-9,12H2,1H3,(H,21,25). The highest BCUT2D eigenvalue weighted by atomic mass is 16.7. The second kappa shape index (κ2) is 7.14. The Morgan fingerprint density at radius 1 is 1.04 bits per heavy atom.